The maximum Gasteiger partial charge on any atom is 0.333 e. The van der Waals surface area contributed by atoms with Crippen molar-refractivity contribution in [3.8, 4) is 0 Å². The highest BCUT2D eigenvalue weighted by Gasteiger charge is 2.23. The normalized spacial score (nSPS) is 11.3. The van der Waals surface area contributed by atoms with E-state index >= 15 is 0 Å². The van der Waals surface area contributed by atoms with Gasteiger partial charge in [0.25, 0.3) is 0 Å². The highest BCUT2D eigenvalue weighted by Crippen LogP contribution is 2.05. The van der Waals surface area contributed by atoms with E-state index in [1.807, 2.05) is 13.1 Å². The summed E-state index contributed by atoms with van der Waals surface area (Å²) >= 11 is 0. The molecular weight excluding hydrogens is 564 g/mol. The van der Waals surface area contributed by atoms with Crippen LogP contribution in [-0.4, -0.2) is 137 Å². The van der Waals surface area contributed by atoms with Gasteiger partial charge in [-0.3, -0.25) is 9.59 Å². The third-order valence-electron chi connectivity index (χ3n) is 4.66. The lowest BCUT2D eigenvalue weighted by atomic mass is 10.3. The third-order valence-corrected chi connectivity index (χ3v) is 6.46. The first-order valence-corrected chi connectivity index (χ1v) is 16.4. The van der Waals surface area contributed by atoms with Crippen LogP contribution in [0.25, 0.3) is 0 Å². The zero-order valence-electron chi connectivity index (χ0n) is 24.7. The number of aliphatic hydroxyl groups is 1. The second-order valence-electron chi connectivity index (χ2n) is 8.74. The van der Waals surface area contributed by atoms with Crippen LogP contribution in [0.3, 0.4) is 0 Å². The topological polar surface area (TPSA) is 164 Å². The molecule has 41 heavy (non-hydrogen) atoms. The predicted molar refractivity (Wildman–Crippen MR) is 147 cm³/mol. The molecule has 0 aromatic heterocycles. The zero-order chi connectivity index (χ0) is 30.6. The predicted octanol–water partition coefficient (Wildman–Crippen LogP) is 0.783. The average molecular weight is 613 g/mol. The van der Waals surface area contributed by atoms with Crippen LogP contribution < -0.4 is 0 Å². The fraction of sp³-hybridized carbons (Fsp3) is 0.808. The molecule has 0 fully saturated rings. The Hall–Kier alpha value is -1.95. The van der Waals surface area contributed by atoms with E-state index in [4.69, 9.17) is 51.9 Å². The van der Waals surface area contributed by atoms with Crippen molar-refractivity contribution < 1.29 is 66.2 Å². The van der Waals surface area contributed by atoms with Gasteiger partial charge in [0.2, 0.25) is 0 Å². The first kappa shape index (κ1) is 39.0. The first-order valence-electron chi connectivity index (χ1n) is 13.6. The van der Waals surface area contributed by atoms with Gasteiger partial charge in [0.15, 0.2) is 0 Å². The Bertz CT molecular complexity index is 704. The van der Waals surface area contributed by atoms with Gasteiger partial charge in [-0.15, -0.1) is 0 Å². The molecule has 0 aliphatic rings. The highest BCUT2D eigenvalue weighted by molar-refractivity contribution is 6.64. The Morgan fingerprint density at radius 3 is 1.32 bits per heavy atom. The molecular formula is C26H48O14Si. The van der Waals surface area contributed by atoms with Crippen LogP contribution >= 0.6 is 0 Å². The van der Waals surface area contributed by atoms with E-state index in [0.29, 0.717) is 66.1 Å². The summed E-state index contributed by atoms with van der Waals surface area (Å²) in [6.07, 6.45) is -0.254. The molecule has 240 valence electrons. The van der Waals surface area contributed by atoms with Gasteiger partial charge in [-0.25, -0.2) is 4.79 Å². The number of carbonyl (C=O) groups is 3. The van der Waals surface area contributed by atoms with E-state index in [1.165, 1.54) is 6.92 Å². The third kappa shape index (κ3) is 28.0. The minimum atomic E-state index is -2.20. The fourth-order valence-electron chi connectivity index (χ4n) is 2.64. The van der Waals surface area contributed by atoms with Crippen LogP contribution in [0.2, 0.25) is 13.1 Å². The van der Waals surface area contributed by atoms with Crippen molar-refractivity contribution in [1.82, 2.24) is 0 Å². The summed E-state index contributed by atoms with van der Waals surface area (Å²) in [4.78, 5) is 34.4. The molecule has 0 aliphatic carbocycles. The number of aliphatic hydroxyl groups excluding tert-OH is 1. The summed E-state index contributed by atoms with van der Waals surface area (Å²) in [5.41, 5.74) is 0.255. The van der Waals surface area contributed by atoms with Crippen molar-refractivity contribution in [3.63, 3.8) is 0 Å². The van der Waals surface area contributed by atoms with E-state index in [-0.39, 0.29) is 58.1 Å². The van der Waals surface area contributed by atoms with Gasteiger partial charge >= 0.3 is 26.5 Å². The molecule has 0 saturated heterocycles. The second-order valence-corrected chi connectivity index (χ2v) is 12.1. The summed E-state index contributed by atoms with van der Waals surface area (Å²) in [7, 11) is -2.20. The number of hydrogen-bond acceptors (Lipinski definition) is 14. The zero-order valence-corrected chi connectivity index (χ0v) is 25.7. The fourth-order valence-corrected chi connectivity index (χ4v) is 3.88. The van der Waals surface area contributed by atoms with Gasteiger partial charge in [0.1, 0.15) is 19.8 Å². The van der Waals surface area contributed by atoms with Crippen molar-refractivity contribution in [2.45, 2.75) is 32.9 Å². The summed E-state index contributed by atoms with van der Waals surface area (Å²) in [6.45, 7) is 13.4. The molecule has 0 spiro atoms. The lowest BCUT2D eigenvalue weighted by Gasteiger charge is -2.22. The molecule has 0 atom stereocenters. The number of esters is 3. The summed E-state index contributed by atoms with van der Waals surface area (Å²) in [5, 5.41) is 8.78. The Balaban J connectivity index is 3.33. The van der Waals surface area contributed by atoms with Crippen molar-refractivity contribution >= 4 is 26.5 Å². The van der Waals surface area contributed by atoms with Crippen molar-refractivity contribution in [3.05, 3.63) is 12.2 Å². The quantitative estimate of drug-likeness (QED) is 0.0414. The smallest absolute Gasteiger partial charge is 0.333 e. The molecule has 0 bridgehead atoms. The van der Waals surface area contributed by atoms with Crippen molar-refractivity contribution in [2.75, 3.05) is 106 Å². The molecule has 0 amide bonds. The van der Waals surface area contributed by atoms with Gasteiger partial charge < -0.3 is 51.9 Å². The molecule has 0 aromatic carbocycles. The molecule has 0 aliphatic heterocycles. The second kappa shape index (κ2) is 26.9. The van der Waals surface area contributed by atoms with Crippen LogP contribution in [0.1, 0.15) is 19.8 Å². The maximum atomic E-state index is 11.6. The SMILES string of the molecule is C=C(C)C(=O)OCCOC(=O)CCC(=O)OCCOCCOCCOCCOCCOCCO[Si](C)(C)OCCO. The summed E-state index contributed by atoms with van der Waals surface area (Å²) < 4.78 is 52.7. The van der Waals surface area contributed by atoms with Gasteiger partial charge in [0, 0.05) is 5.57 Å². The van der Waals surface area contributed by atoms with E-state index in [1.54, 1.807) is 0 Å². The molecule has 0 heterocycles. The van der Waals surface area contributed by atoms with E-state index in [2.05, 4.69) is 6.58 Å². The van der Waals surface area contributed by atoms with Gasteiger partial charge in [-0.2, -0.15) is 0 Å². The molecule has 0 radical (unpaired) electrons. The Kier molecular flexibility index (Phi) is 25.6. The highest BCUT2D eigenvalue weighted by atomic mass is 28.4. The van der Waals surface area contributed by atoms with E-state index < -0.39 is 26.5 Å². The number of rotatable bonds is 29. The number of hydrogen-bond donors (Lipinski definition) is 1. The summed E-state index contributed by atoms with van der Waals surface area (Å²) in [6, 6.07) is 0. The van der Waals surface area contributed by atoms with E-state index in [9.17, 15) is 14.4 Å². The number of ether oxygens (including phenoxy) is 8. The van der Waals surface area contributed by atoms with Gasteiger partial charge in [0.05, 0.1) is 98.7 Å². The van der Waals surface area contributed by atoms with Crippen LogP contribution in [0.4, 0.5) is 0 Å². The minimum Gasteiger partial charge on any atom is -0.463 e. The molecule has 15 heteroatoms. The van der Waals surface area contributed by atoms with Crippen LogP contribution in [0.15, 0.2) is 12.2 Å². The van der Waals surface area contributed by atoms with Crippen LogP contribution in [0.5, 0.6) is 0 Å². The van der Waals surface area contributed by atoms with Gasteiger partial charge in [-0.05, 0) is 20.0 Å². The Labute approximate surface area is 243 Å². The largest absolute Gasteiger partial charge is 0.463 e. The lowest BCUT2D eigenvalue weighted by Crippen LogP contribution is -2.37. The standard InChI is InChI=1S/C26H48O14Si/c1-23(2)26(30)38-21-20-37-25(29)6-5-24(28)36-19-17-34-15-13-32-11-9-31-10-12-33-14-16-35-18-22-40-41(3,4)39-8-7-27/h27H,1,5-22H2,2-4H3. The lowest BCUT2D eigenvalue weighted by molar-refractivity contribution is -0.153. The van der Waals surface area contributed by atoms with Crippen LogP contribution in [0, 0.1) is 0 Å². The molecule has 14 nitrogen and oxygen atoms in total. The maximum absolute atomic E-state index is 11.6. The number of carbonyl (C=O) groups excluding carboxylic acids is 3. The van der Waals surface area contributed by atoms with Crippen molar-refractivity contribution in [1.29, 1.82) is 0 Å². The molecule has 0 rings (SSSR count). The average Bonchev–Trinajstić information content (AvgIpc) is 2.94. The monoisotopic (exact) mass is 612 g/mol. The molecule has 1 N–H and O–H groups in total. The summed E-state index contributed by atoms with van der Waals surface area (Å²) in [5.74, 6) is -1.69. The Morgan fingerprint density at radius 1 is 0.561 bits per heavy atom. The van der Waals surface area contributed by atoms with Crippen LogP contribution in [-0.2, 0) is 61.1 Å². The minimum absolute atomic E-state index is 0.0186. The molecule has 0 unspecified atom stereocenters. The molecule has 0 aromatic rings. The molecule has 0 saturated carbocycles. The van der Waals surface area contributed by atoms with Crippen molar-refractivity contribution in [2.24, 2.45) is 0 Å². The van der Waals surface area contributed by atoms with Gasteiger partial charge in [-0.1, -0.05) is 6.58 Å². The van der Waals surface area contributed by atoms with E-state index in [0.717, 1.165) is 0 Å². The Morgan fingerprint density at radius 2 is 0.902 bits per heavy atom. The first-order chi connectivity index (χ1) is 19.7.